The van der Waals surface area contributed by atoms with Crippen LogP contribution >= 0.6 is 0 Å². The molecule has 0 heterocycles. The summed E-state index contributed by atoms with van der Waals surface area (Å²) >= 11 is 0. The number of amides is 1. The zero-order valence-corrected chi connectivity index (χ0v) is 38.5. The predicted molar refractivity (Wildman–Crippen MR) is 250 cm³/mol. The number of nitrogens with one attached hydrogen (secondary N) is 1. The van der Waals surface area contributed by atoms with Crippen molar-refractivity contribution in [3.05, 3.63) is 24.3 Å². The second-order valence-electron chi connectivity index (χ2n) is 17.7. The summed E-state index contributed by atoms with van der Waals surface area (Å²) in [5.74, 6) is -0.508. The first-order valence-electron chi connectivity index (χ1n) is 25.7. The van der Waals surface area contributed by atoms with Crippen molar-refractivity contribution in [3.63, 3.8) is 0 Å². The van der Waals surface area contributed by atoms with E-state index in [2.05, 4.69) is 31.3 Å². The molecular weight excluding hydrogens is 703 g/mol. The van der Waals surface area contributed by atoms with Crippen molar-refractivity contribution in [3.8, 4) is 0 Å². The summed E-state index contributed by atoms with van der Waals surface area (Å²) in [5.41, 5.74) is 0. The van der Waals surface area contributed by atoms with Crippen LogP contribution in [0.1, 0.15) is 277 Å². The van der Waals surface area contributed by atoms with Crippen molar-refractivity contribution in [2.75, 3.05) is 6.61 Å². The van der Waals surface area contributed by atoms with Gasteiger partial charge in [-0.05, 0) is 32.1 Å². The van der Waals surface area contributed by atoms with Crippen molar-refractivity contribution in [1.29, 1.82) is 0 Å². The molecule has 3 unspecified atom stereocenters. The molecule has 0 saturated heterocycles. The van der Waals surface area contributed by atoms with E-state index in [1.54, 1.807) is 6.08 Å². The Balaban J connectivity index is 3.62. The van der Waals surface area contributed by atoms with Crippen LogP contribution in [0.4, 0.5) is 0 Å². The summed E-state index contributed by atoms with van der Waals surface area (Å²) in [4.78, 5) is 12.5. The molecule has 0 spiro atoms. The summed E-state index contributed by atoms with van der Waals surface area (Å²) in [6.45, 7) is 4.20. The third kappa shape index (κ3) is 42.8. The second-order valence-corrected chi connectivity index (χ2v) is 17.7. The van der Waals surface area contributed by atoms with E-state index in [9.17, 15) is 20.1 Å². The Labute approximate surface area is 356 Å². The lowest BCUT2D eigenvalue weighted by Gasteiger charge is -2.21. The Morgan fingerprint density at radius 1 is 0.421 bits per heavy atom. The number of carbonyl (C=O) groups excluding carboxylic acids is 1. The molecule has 4 N–H and O–H groups in total. The van der Waals surface area contributed by atoms with Crippen LogP contribution in [0.2, 0.25) is 0 Å². The van der Waals surface area contributed by atoms with Crippen LogP contribution in [0.15, 0.2) is 24.3 Å². The first-order valence-corrected chi connectivity index (χ1v) is 25.7. The van der Waals surface area contributed by atoms with Crippen LogP contribution in [0.3, 0.4) is 0 Å². The lowest BCUT2D eigenvalue weighted by Crippen LogP contribution is -2.48. The van der Waals surface area contributed by atoms with Gasteiger partial charge in [-0.1, -0.05) is 269 Å². The van der Waals surface area contributed by atoms with Crippen molar-refractivity contribution < 1.29 is 20.1 Å². The first-order chi connectivity index (χ1) is 28.1. The molecule has 0 radical (unpaired) electrons. The number of aliphatic hydroxyl groups excluding tert-OH is 3. The summed E-state index contributed by atoms with van der Waals surface area (Å²) < 4.78 is 0. The minimum Gasteiger partial charge on any atom is -0.394 e. The molecular formula is C52H101NO4. The third-order valence-corrected chi connectivity index (χ3v) is 12.0. The van der Waals surface area contributed by atoms with E-state index in [0.717, 1.165) is 38.5 Å². The van der Waals surface area contributed by atoms with E-state index in [-0.39, 0.29) is 6.61 Å². The highest BCUT2D eigenvalue weighted by Crippen LogP contribution is 2.17. The fourth-order valence-electron chi connectivity index (χ4n) is 8.03. The van der Waals surface area contributed by atoms with Gasteiger partial charge in [-0.3, -0.25) is 4.79 Å². The lowest BCUT2D eigenvalue weighted by molar-refractivity contribution is -0.131. The molecule has 0 aromatic carbocycles. The largest absolute Gasteiger partial charge is 0.394 e. The van der Waals surface area contributed by atoms with Gasteiger partial charge >= 0.3 is 0 Å². The van der Waals surface area contributed by atoms with Gasteiger partial charge in [0.25, 0.3) is 0 Å². The number of hydrogen-bond acceptors (Lipinski definition) is 4. The highest BCUT2D eigenvalue weighted by molar-refractivity contribution is 5.80. The third-order valence-electron chi connectivity index (χ3n) is 12.0. The molecule has 0 aliphatic rings. The SMILES string of the molecule is CCCCCCCCCCCCCCCCCCCCC/C=C/CC/C=C/C(O)C(CO)NC(=O)C(O)CCCCCCCCCCCCCCCCCCCC. The number of carbonyl (C=O) groups is 1. The fraction of sp³-hybridized carbons (Fsp3) is 0.904. The number of rotatable bonds is 47. The minimum atomic E-state index is -1.10. The Morgan fingerprint density at radius 2 is 0.719 bits per heavy atom. The van der Waals surface area contributed by atoms with Crippen LogP contribution in [-0.4, -0.2) is 46.1 Å². The van der Waals surface area contributed by atoms with Gasteiger partial charge in [0.1, 0.15) is 6.10 Å². The van der Waals surface area contributed by atoms with Crippen molar-refractivity contribution >= 4 is 5.91 Å². The van der Waals surface area contributed by atoms with Gasteiger partial charge in [-0.2, -0.15) is 0 Å². The van der Waals surface area contributed by atoms with Crippen molar-refractivity contribution in [2.24, 2.45) is 0 Å². The lowest BCUT2D eigenvalue weighted by atomic mass is 10.0. The maximum absolute atomic E-state index is 12.5. The van der Waals surface area contributed by atoms with Gasteiger partial charge in [0.05, 0.1) is 18.8 Å². The highest BCUT2D eigenvalue weighted by Gasteiger charge is 2.22. The van der Waals surface area contributed by atoms with E-state index in [1.165, 1.54) is 218 Å². The van der Waals surface area contributed by atoms with E-state index in [1.807, 2.05) is 6.08 Å². The second kappa shape index (κ2) is 47.5. The Kier molecular flexibility index (Phi) is 46.5. The van der Waals surface area contributed by atoms with Gasteiger partial charge in [0, 0.05) is 0 Å². The summed E-state index contributed by atoms with van der Waals surface area (Å²) in [6.07, 6.45) is 59.5. The van der Waals surface area contributed by atoms with Crippen molar-refractivity contribution in [1.82, 2.24) is 5.32 Å². The molecule has 0 aliphatic carbocycles. The van der Waals surface area contributed by atoms with E-state index < -0.39 is 24.2 Å². The summed E-state index contributed by atoms with van der Waals surface area (Å²) in [7, 11) is 0. The van der Waals surface area contributed by atoms with Gasteiger partial charge in [-0.25, -0.2) is 0 Å². The van der Waals surface area contributed by atoms with Crippen LogP contribution in [0, 0.1) is 0 Å². The number of unbranched alkanes of at least 4 members (excludes halogenated alkanes) is 37. The molecule has 0 bridgehead atoms. The molecule has 0 rings (SSSR count). The number of allylic oxidation sites excluding steroid dienone is 3. The average molecular weight is 804 g/mol. The molecule has 1 amide bonds. The number of hydrogen-bond donors (Lipinski definition) is 4. The van der Waals surface area contributed by atoms with Gasteiger partial charge in [-0.15, -0.1) is 0 Å². The van der Waals surface area contributed by atoms with E-state index in [4.69, 9.17) is 0 Å². The molecule has 3 atom stereocenters. The number of aliphatic hydroxyl groups is 3. The van der Waals surface area contributed by atoms with Crippen LogP contribution in [0.5, 0.6) is 0 Å². The Hall–Kier alpha value is -1.17. The fourth-order valence-corrected chi connectivity index (χ4v) is 8.03. The predicted octanol–water partition coefficient (Wildman–Crippen LogP) is 15.3. The topological polar surface area (TPSA) is 89.8 Å². The molecule has 0 aromatic heterocycles. The maximum Gasteiger partial charge on any atom is 0.249 e. The molecule has 57 heavy (non-hydrogen) atoms. The maximum atomic E-state index is 12.5. The normalized spacial score (nSPS) is 13.6. The van der Waals surface area contributed by atoms with Crippen LogP contribution in [0.25, 0.3) is 0 Å². The van der Waals surface area contributed by atoms with E-state index in [0.29, 0.717) is 6.42 Å². The van der Waals surface area contributed by atoms with Crippen molar-refractivity contribution in [2.45, 2.75) is 295 Å². The van der Waals surface area contributed by atoms with E-state index >= 15 is 0 Å². The summed E-state index contributed by atoms with van der Waals surface area (Å²) in [6, 6.07) is -0.811. The molecule has 0 aliphatic heterocycles. The smallest absolute Gasteiger partial charge is 0.249 e. The minimum absolute atomic E-state index is 0.373. The Bertz CT molecular complexity index is 844. The molecule has 5 nitrogen and oxygen atoms in total. The standard InChI is InChI=1S/C52H101NO4/c1-3-5-7-9-11-13-15-17-19-21-23-24-25-26-27-28-29-31-32-34-36-38-40-42-44-46-50(55)49(48-54)53-52(57)51(56)47-45-43-41-39-37-35-33-30-22-20-18-16-14-12-10-8-6-4-2/h36,38,44,46,49-51,54-56H,3-35,37,39-43,45,47-48H2,1-2H3,(H,53,57)/b38-36+,46-44+. The zero-order chi connectivity index (χ0) is 41.5. The highest BCUT2D eigenvalue weighted by atomic mass is 16.3. The molecule has 0 fully saturated rings. The first kappa shape index (κ1) is 55.8. The quantitative estimate of drug-likeness (QED) is 0.0364. The van der Waals surface area contributed by atoms with Gasteiger partial charge in [0.15, 0.2) is 0 Å². The van der Waals surface area contributed by atoms with Crippen LogP contribution < -0.4 is 5.32 Å². The molecule has 338 valence electrons. The van der Waals surface area contributed by atoms with Gasteiger partial charge < -0.3 is 20.6 Å². The van der Waals surface area contributed by atoms with Crippen LogP contribution in [-0.2, 0) is 4.79 Å². The van der Waals surface area contributed by atoms with Gasteiger partial charge in [0.2, 0.25) is 5.91 Å². The zero-order valence-electron chi connectivity index (χ0n) is 38.5. The average Bonchev–Trinajstić information content (AvgIpc) is 3.22. The molecule has 0 aromatic rings. The molecule has 0 saturated carbocycles. The summed E-state index contributed by atoms with van der Waals surface area (Å²) in [5, 5.41) is 33.2. The molecule has 5 heteroatoms. The Morgan fingerprint density at radius 3 is 1.07 bits per heavy atom. The monoisotopic (exact) mass is 804 g/mol.